The molecule has 10 heteroatoms. The average Bonchev–Trinajstić information content (AvgIpc) is 3.05. The molecule has 0 aliphatic carbocycles. The third kappa shape index (κ3) is 6.21. The second kappa shape index (κ2) is 11.0. The lowest BCUT2D eigenvalue weighted by Crippen LogP contribution is -2.24. The second-order valence-electron chi connectivity index (χ2n) is 6.64. The van der Waals surface area contributed by atoms with Gasteiger partial charge in [-0.1, -0.05) is 5.92 Å². The van der Waals surface area contributed by atoms with Crippen LogP contribution in [-0.2, 0) is 9.53 Å². The highest BCUT2D eigenvalue weighted by Crippen LogP contribution is 2.23. The number of carbonyl (C=O) groups is 2. The fourth-order valence-corrected chi connectivity index (χ4v) is 2.71. The summed E-state index contributed by atoms with van der Waals surface area (Å²) in [5.74, 6) is 1.19. The van der Waals surface area contributed by atoms with Gasteiger partial charge in [0.2, 0.25) is 0 Å². The lowest BCUT2D eigenvalue weighted by Gasteiger charge is -2.10. The minimum atomic E-state index is -0.771. The number of nitrogens with two attached hydrogens (primary N) is 1. The Labute approximate surface area is 179 Å². The van der Waals surface area contributed by atoms with E-state index in [4.69, 9.17) is 22.0 Å². The molecule has 9 nitrogen and oxygen atoms in total. The smallest absolute Gasteiger partial charge is 0.271 e. The van der Waals surface area contributed by atoms with E-state index in [0.717, 1.165) is 0 Å². The van der Waals surface area contributed by atoms with E-state index in [9.17, 15) is 14.0 Å². The number of aromatic nitrogens is 2. The van der Waals surface area contributed by atoms with Gasteiger partial charge in [-0.25, -0.2) is 14.4 Å². The molecule has 2 aromatic rings. The largest absolute Gasteiger partial charge is 0.383 e. The topological polar surface area (TPSA) is 131 Å². The molecule has 0 spiro atoms. The first kappa shape index (κ1) is 23.7. The first-order valence-electron chi connectivity index (χ1n) is 9.37. The minimum absolute atomic E-state index is 0.0795. The number of nitrogens with zero attached hydrogens (tertiary/aromatic N) is 3. The highest BCUT2D eigenvalue weighted by atomic mass is 19.1. The van der Waals surface area contributed by atoms with Crippen LogP contribution in [0.4, 0.5) is 10.2 Å². The Morgan fingerprint density at radius 2 is 2.26 bits per heavy atom. The molecule has 2 amide bonds. The van der Waals surface area contributed by atoms with Crippen molar-refractivity contribution in [1.29, 1.82) is 0 Å². The van der Waals surface area contributed by atoms with Crippen LogP contribution in [0, 0.1) is 18.2 Å². The fourth-order valence-electron chi connectivity index (χ4n) is 2.71. The van der Waals surface area contributed by atoms with E-state index in [0.29, 0.717) is 31.7 Å². The maximum absolute atomic E-state index is 14.0. The van der Waals surface area contributed by atoms with Gasteiger partial charge in [-0.2, -0.15) is 0 Å². The molecule has 1 aliphatic heterocycles. The van der Waals surface area contributed by atoms with E-state index in [2.05, 4.69) is 21.2 Å². The number of hydrogen-bond donors (Lipinski definition) is 3. The number of terminal acetylenes is 1. The van der Waals surface area contributed by atoms with Crippen LogP contribution in [0.5, 0.6) is 0 Å². The summed E-state index contributed by atoms with van der Waals surface area (Å²) in [6.07, 6.45) is 6.53. The Balaban J connectivity index is 0.000000357. The van der Waals surface area contributed by atoms with Crippen LogP contribution < -0.4 is 11.1 Å². The van der Waals surface area contributed by atoms with Gasteiger partial charge in [0.1, 0.15) is 11.9 Å². The number of anilines is 1. The Hall–Kier alpha value is -3.55. The summed E-state index contributed by atoms with van der Waals surface area (Å²) in [4.78, 5) is 31.9. The van der Waals surface area contributed by atoms with Gasteiger partial charge in [-0.15, -0.1) is 6.42 Å². The highest BCUT2D eigenvalue weighted by molar-refractivity contribution is 5.96. The summed E-state index contributed by atoms with van der Waals surface area (Å²) in [5.41, 5.74) is 6.06. The maximum Gasteiger partial charge on any atom is 0.271 e. The van der Waals surface area contributed by atoms with Crippen LogP contribution >= 0.6 is 0 Å². The molecule has 3 rings (SSSR count). The minimum Gasteiger partial charge on any atom is -0.383 e. The van der Waals surface area contributed by atoms with Crippen molar-refractivity contribution in [2.75, 3.05) is 39.2 Å². The number of ether oxygens (including phenoxy) is 1. The quantitative estimate of drug-likeness (QED) is 0.453. The standard InChI is InChI=1S/C16H15FN4O2.C5H9NO2/c1-3-10-4-5-12(17)11(8-10)13-9-20-16(19-6-7-23-2)14(21-13)15(18)22;1-6-3-2-4(7)5(6)8/h1,4-5,8-9H,6-7H2,2H3,(H2,18,22)(H,19,20);4,7H,2-3H2,1H3. The second-order valence-corrected chi connectivity index (χ2v) is 6.64. The molecule has 31 heavy (non-hydrogen) atoms. The monoisotopic (exact) mass is 429 g/mol. The highest BCUT2D eigenvalue weighted by Gasteiger charge is 2.26. The lowest BCUT2D eigenvalue weighted by molar-refractivity contribution is -0.133. The number of nitrogens with one attached hydrogen (secondary N) is 1. The SMILES string of the molecule is C#Cc1ccc(F)c(-c2cnc(NCCOC)c(C(N)=O)n2)c1.CN1CCC(O)C1=O. The number of hydrogen-bond acceptors (Lipinski definition) is 7. The number of benzene rings is 1. The maximum atomic E-state index is 14.0. The van der Waals surface area contributed by atoms with Gasteiger partial charge < -0.3 is 25.8 Å². The summed E-state index contributed by atoms with van der Waals surface area (Å²) < 4.78 is 18.9. The number of halogens is 1. The summed E-state index contributed by atoms with van der Waals surface area (Å²) in [6, 6.07) is 4.17. The molecule has 1 aromatic heterocycles. The van der Waals surface area contributed by atoms with Gasteiger partial charge in [-0.05, 0) is 24.6 Å². The van der Waals surface area contributed by atoms with Crippen LogP contribution in [0.3, 0.4) is 0 Å². The molecule has 164 valence electrons. The molecule has 2 heterocycles. The predicted octanol–water partition coefficient (Wildman–Crippen LogP) is 0.631. The zero-order valence-corrected chi connectivity index (χ0v) is 17.3. The number of methoxy groups -OCH3 is 1. The molecular weight excluding hydrogens is 405 g/mol. The van der Waals surface area contributed by atoms with Crippen LogP contribution in [-0.4, -0.2) is 71.7 Å². The first-order chi connectivity index (χ1) is 14.8. The average molecular weight is 429 g/mol. The summed E-state index contributed by atoms with van der Waals surface area (Å²) in [7, 11) is 3.24. The molecule has 0 bridgehead atoms. The number of aliphatic hydroxyl groups is 1. The van der Waals surface area contributed by atoms with E-state index in [1.165, 1.54) is 29.3 Å². The number of amides is 2. The number of likely N-dealkylation sites (tertiary alicyclic amines) is 1. The molecule has 1 aromatic carbocycles. The normalized spacial score (nSPS) is 15.1. The van der Waals surface area contributed by atoms with Gasteiger partial charge in [0, 0.05) is 38.4 Å². The van der Waals surface area contributed by atoms with Crippen molar-refractivity contribution in [2.45, 2.75) is 12.5 Å². The van der Waals surface area contributed by atoms with Crippen molar-refractivity contribution in [3.63, 3.8) is 0 Å². The Bertz CT molecular complexity index is 980. The van der Waals surface area contributed by atoms with E-state index < -0.39 is 17.8 Å². The molecule has 1 atom stereocenters. The third-order valence-electron chi connectivity index (χ3n) is 4.41. The zero-order chi connectivity index (χ0) is 23.0. The van der Waals surface area contributed by atoms with Crippen LogP contribution in [0.1, 0.15) is 22.5 Å². The van der Waals surface area contributed by atoms with Crippen LogP contribution in [0.2, 0.25) is 0 Å². The number of rotatable bonds is 6. The van der Waals surface area contributed by atoms with Crippen molar-refractivity contribution in [3.8, 4) is 23.6 Å². The van der Waals surface area contributed by atoms with Crippen molar-refractivity contribution in [3.05, 3.63) is 41.5 Å². The van der Waals surface area contributed by atoms with Gasteiger partial charge in [-0.3, -0.25) is 9.59 Å². The molecule has 1 aliphatic rings. The first-order valence-corrected chi connectivity index (χ1v) is 9.37. The number of carbonyl (C=O) groups excluding carboxylic acids is 2. The summed E-state index contributed by atoms with van der Waals surface area (Å²) in [5, 5.41) is 11.7. The van der Waals surface area contributed by atoms with E-state index in [1.807, 2.05) is 0 Å². The Kier molecular flexibility index (Phi) is 8.43. The Morgan fingerprint density at radius 1 is 1.52 bits per heavy atom. The van der Waals surface area contributed by atoms with Crippen molar-refractivity contribution < 1.29 is 23.8 Å². The van der Waals surface area contributed by atoms with Crippen LogP contribution in [0.25, 0.3) is 11.3 Å². The van der Waals surface area contributed by atoms with E-state index in [1.54, 1.807) is 14.2 Å². The van der Waals surface area contributed by atoms with E-state index in [-0.39, 0.29) is 28.7 Å². The number of aliphatic hydroxyl groups excluding tert-OH is 1. The molecule has 0 saturated carbocycles. The lowest BCUT2D eigenvalue weighted by atomic mass is 10.1. The summed E-state index contributed by atoms with van der Waals surface area (Å²) in [6.45, 7) is 1.53. The molecule has 1 unspecified atom stereocenters. The molecule has 1 saturated heterocycles. The third-order valence-corrected chi connectivity index (χ3v) is 4.41. The van der Waals surface area contributed by atoms with E-state index >= 15 is 0 Å². The molecule has 1 fully saturated rings. The van der Waals surface area contributed by atoms with Gasteiger partial charge >= 0.3 is 0 Å². The summed E-state index contributed by atoms with van der Waals surface area (Å²) >= 11 is 0. The van der Waals surface area contributed by atoms with Crippen molar-refractivity contribution >= 4 is 17.6 Å². The molecule has 0 radical (unpaired) electrons. The molecule has 4 N–H and O–H groups in total. The fraction of sp³-hybridized carbons (Fsp3) is 0.333. The zero-order valence-electron chi connectivity index (χ0n) is 17.3. The van der Waals surface area contributed by atoms with Gasteiger partial charge in [0.25, 0.3) is 11.8 Å². The number of likely N-dealkylation sites (N-methyl/N-ethyl adjacent to an activating group) is 1. The van der Waals surface area contributed by atoms with Crippen molar-refractivity contribution in [1.82, 2.24) is 14.9 Å². The molecular formula is C21H24FN5O4. The van der Waals surface area contributed by atoms with Gasteiger partial charge in [0.15, 0.2) is 11.5 Å². The Morgan fingerprint density at radius 3 is 2.77 bits per heavy atom. The van der Waals surface area contributed by atoms with Crippen molar-refractivity contribution in [2.24, 2.45) is 5.73 Å². The number of primary amides is 1. The predicted molar refractivity (Wildman–Crippen MR) is 113 cm³/mol. The van der Waals surface area contributed by atoms with Crippen LogP contribution in [0.15, 0.2) is 24.4 Å². The van der Waals surface area contributed by atoms with Gasteiger partial charge in [0.05, 0.1) is 18.5 Å².